The molecule has 1 aromatic carbocycles. The number of halogens is 3. The number of carbonyl (C=O) groups excluding carboxylic acids is 1. The molecule has 0 aliphatic carbocycles. The summed E-state index contributed by atoms with van der Waals surface area (Å²) in [6.45, 7) is 4.91. The number of pyridine rings is 2. The molecular formula is C30H31F3N6O3. The van der Waals surface area contributed by atoms with Gasteiger partial charge in [-0.1, -0.05) is 0 Å². The smallest absolute Gasteiger partial charge is 0.416 e. The third-order valence-electron chi connectivity index (χ3n) is 7.41. The second kappa shape index (κ2) is 11.7. The van der Waals surface area contributed by atoms with E-state index in [9.17, 15) is 18.0 Å². The number of nitrogens with one attached hydrogen (secondary N) is 1. The molecule has 12 heteroatoms. The van der Waals surface area contributed by atoms with Crippen LogP contribution in [-0.4, -0.2) is 51.3 Å². The fourth-order valence-corrected chi connectivity index (χ4v) is 5.06. The molecule has 0 spiro atoms. The Labute approximate surface area is 241 Å². The van der Waals surface area contributed by atoms with Crippen LogP contribution in [0.15, 0.2) is 61.1 Å². The van der Waals surface area contributed by atoms with Gasteiger partial charge in [0.1, 0.15) is 23.1 Å². The number of benzene rings is 1. The topological polar surface area (TPSA) is 94.4 Å². The van der Waals surface area contributed by atoms with Crippen LogP contribution in [-0.2, 0) is 17.5 Å². The van der Waals surface area contributed by atoms with Crippen LogP contribution in [0.25, 0.3) is 11.3 Å². The van der Waals surface area contributed by atoms with E-state index in [1.807, 2.05) is 47.8 Å². The van der Waals surface area contributed by atoms with Gasteiger partial charge in [0, 0.05) is 55.0 Å². The maximum absolute atomic E-state index is 13.1. The number of ether oxygens (including phenoxy) is 2. The van der Waals surface area contributed by atoms with E-state index in [2.05, 4.69) is 20.4 Å². The fraction of sp³-hybridized carbons (Fsp3) is 0.333. The van der Waals surface area contributed by atoms with Crippen LogP contribution >= 0.6 is 0 Å². The first kappa shape index (κ1) is 28.9. The average molecular weight is 581 g/mol. The highest BCUT2D eigenvalue weighted by atomic mass is 19.4. The monoisotopic (exact) mass is 580 g/mol. The van der Waals surface area contributed by atoms with E-state index in [0.717, 1.165) is 35.0 Å². The Morgan fingerprint density at radius 1 is 1.10 bits per heavy atom. The van der Waals surface area contributed by atoms with Gasteiger partial charge in [-0.25, -0.2) is 9.97 Å². The van der Waals surface area contributed by atoms with Gasteiger partial charge in [0.15, 0.2) is 0 Å². The summed E-state index contributed by atoms with van der Waals surface area (Å²) in [5.74, 6) is 1.87. The van der Waals surface area contributed by atoms with Crippen molar-refractivity contribution in [3.8, 4) is 22.8 Å². The number of amides is 1. The van der Waals surface area contributed by atoms with E-state index in [1.54, 1.807) is 32.5 Å². The van der Waals surface area contributed by atoms with Crippen molar-refractivity contribution in [2.75, 3.05) is 26.1 Å². The van der Waals surface area contributed by atoms with Crippen molar-refractivity contribution < 1.29 is 27.4 Å². The Balaban J connectivity index is 1.29. The zero-order valence-corrected chi connectivity index (χ0v) is 23.6. The van der Waals surface area contributed by atoms with Gasteiger partial charge in [-0.15, -0.1) is 0 Å². The number of aromatic nitrogens is 4. The lowest BCUT2D eigenvalue weighted by Crippen LogP contribution is -2.26. The molecule has 0 bridgehead atoms. The lowest BCUT2D eigenvalue weighted by Gasteiger charge is -2.21. The molecule has 3 aromatic heterocycles. The molecule has 2 unspecified atom stereocenters. The highest BCUT2D eigenvalue weighted by molar-refractivity contribution is 5.78. The predicted octanol–water partition coefficient (Wildman–Crippen LogP) is 6.04. The maximum Gasteiger partial charge on any atom is 0.416 e. The summed E-state index contributed by atoms with van der Waals surface area (Å²) in [6, 6.07) is 11.0. The quantitative estimate of drug-likeness (QED) is 0.258. The van der Waals surface area contributed by atoms with Crippen molar-refractivity contribution in [1.82, 2.24) is 24.6 Å². The van der Waals surface area contributed by atoms with E-state index in [-0.39, 0.29) is 23.7 Å². The van der Waals surface area contributed by atoms with Crippen LogP contribution in [0.3, 0.4) is 0 Å². The normalized spacial score (nSPS) is 16.0. The summed E-state index contributed by atoms with van der Waals surface area (Å²) >= 11 is 0. The molecule has 0 radical (unpaired) electrons. The Morgan fingerprint density at radius 3 is 2.64 bits per heavy atom. The van der Waals surface area contributed by atoms with Gasteiger partial charge in [-0.2, -0.15) is 18.3 Å². The third-order valence-corrected chi connectivity index (χ3v) is 7.41. The minimum absolute atomic E-state index is 0.0425. The molecule has 1 N–H and O–H groups in total. The standard InChI is InChI=1S/C30H31F3N6O3/c1-18-9-25(36-28(10-18)37-27-12-23(7-8-34-27)30(31,32)33)22-14-35-39(17-22)19(2)21-11-29(40)38(16-21)15-20-5-6-24(41-3)13-26(20)42-4/h5-10,12-14,17,19,21H,11,15-16H2,1-4H3,(H,34,36,37). The largest absolute Gasteiger partial charge is 0.497 e. The summed E-state index contributed by atoms with van der Waals surface area (Å²) in [4.78, 5) is 23.3. The molecule has 4 aromatic rings. The zero-order chi connectivity index (χ0) is 30.0. The van der Waals surface area contributed by atoms with Crippen molar-refractivity contribution in [2.24, 2.45) is 5.92 Å². The van der Waals surface area contributed by atoms with Crippen LogP contribution in [0.1, 0.15) is 36.1 Å². The number of anilines is 2. The van der Waals surface area contributed by atoms with Gasteiger partial charge in [-0.05, 0) is 55.8 Å². The van der Waals surface area contributed by atoms with E-state index in [1.165, 1.54) is 0 Å². The van der Waals surface area contributed by atoms with E-state index in [4.69, 9.17) is 9.47 Å². The molecule has 1 amide bonds. The Bertz CT molecular complexity index is 1590. The fourth-order valence-electron chi connectivity index (χ4n) is 5.06. The maximum atomic E-state index is 13.1. The molecule has 9 nitrogen and oxygen atoms in total. The molecule has 2 atom stereocenters. The average Bonchev–Trinajstić information content (AvgIpc) is 3.60. The van der Waals surface area contributed by atoms with Gasteiger partial charge >= 0.3 is 6.18 Å². The lowest BCUT2D eigenvalue weighted by atomic mass is 10.0. The number of hydrogen-bond donors (Lipinski definition) is 1. The van der Waals surface area contributed by atoms with Crippen LogP contribution in [0, 0.1) is 12.8 Å². The summed E-state index contributed by atoms with van der Waals surface area (Å²) in [5.41, 5.74) is 2.32. The SMILES string of the molecule is COc1ccc(CN2CC(C(C)n3cc(-c4cc(C)cc(Nc5cc(C(F)(F)F)ccn5)n4)cn3)CC2=O)c(OC)c1. The minimum atomic E-state index is -4.47. The molecular weight excluding hydrogens is 549 g/mol. The number of methoxy groups -OCH3 is 2. The molecule has 1 fully saturated rings. The number of nitrogens with zero attached hydrogens (tertiary/aromatic N) is 5. The summed E-state index contributed by atoms with van der Waals surface area (Å²) < 4.78 is 52.0. The lowest BCUT2D eigenvalue weighted by molar-refractivity contribution is -0.137. The number of alkyl halides is 3. The van der Waals surface area contributed by atoms with E-state index < -0.39 is 11.7 Å². The van der Waals surface area contributed by atoms with Crippen molar-refractivity contribution in [1.29, 1.82) is 0 Å². The van der Waals surface area contributed by atoms with Gasteiger partial charge < -0.3 is 19.7 Å². The Hall–Kier alpha value is -4.61. The zero-order valence-electron chi connectivity index (χ0n) is 23.6. The number of carbonyl (C=O) groups is 1. The first-order chi connectivity index (χ1) is 20.0. The second-order valence-corrected chi connectivity index (χ2v) is 10.3. The second-order valence-electron chi connectivity index (χ2n) is 10.3. The van der Waals surface area contributed by atoms with Crippen molar-refractivity contribution >= 4 is 17.5 Å². The number of rotatable bonds is 9. The summed E-state index contributed by atoms with van der Waals surface area (Å²) in [7, 11) is 3.18. The van der Waals surface area contributed by atoms with Crippen molar-refractivity contribution in [3.63, 3.8) is 0 Å². The highest BCUT2D eigenvalue weighted by Gasteiger charge is 2.35. The first-order valence-electron chi connectivity index (χ1n) is 13.4. The van der Waals surface area contributed by atoms with Gasteiger partial charge in [0.2, 0.25) is 5.91 Å². The van der Waals surface area contributed by atoms with Crippen molar-refractivity contribution in [3.05, 3.63) is 77.7 Å². The number of likely N-dealkylation sites (tertiary alicyclic amines) is 1. The Kier molecular flexibility index (Phi) is 8.06. The molecule has 1 saturated heterocycles. The number of aryl methyl sites for hydroxylation is 1. The molecule has 0 saturated carbocycles. The molecule has 1 aliphatic heterocycles. The molecule has 5 rings (SSSR count). The summed E-state index contributed by atoms with van der Waals surface area (Å²) in [5, 5.41) is 7.43. The van der Waals surface area contributed by atoms with Gasteiger partial charge in [0.05, 0.1) is 37.7 Å². The first-order valence-corrected chi connectivity index (χ1v) is 13.4. The highest BCUT2D eigenvalue weighted by Crippen LogP contribution is 2.34. The van der Waals surface area contributed by atoms with Gasteiger partial charge in [-0.3, -0.25) is 9.48 Å². The minimum Gasteiger partial charge on any atom is -0.497 e. The molecule has 1 aliphatic rings. The van der Waals surface area contributed by atoms with Crippen LogP contribution < -0.4 is 14.8 Å². The molecule has 4 heterocycles. The number of hydrogen-bond acceptors (Lipinski definition) is 7. The third kappa shape index (κ3) is 6.32. The van der Waals surface area contributed by atoms with Crippen LogP contribution in [0.5, 0.6) is 11.5 Å². The molecule has 220 valence electrons. The van der Waals surface area contributed by atoms with Gasteiger partial charge in [0.25, 0.3) is 0 Å². The van der Waals surface area contributed by atoms with Crippen LogP contribution in [0.4, 0.5) is 24.8 Å². The predicted molar refractivity (Wildman–Crippen MR) is 150 cm³/mol. The van der Waals surface area contributed by atoms with E-state index >= 15 is 0 Å². The molecule has 42 heavy (non-hydrogen) atoms. The Morgan fingerprint density at radius 2 is 1.90 bits per heavy atom. The van der Waals surface area contributed by atoms with Crippen molar-refractivity contribution in [2.45, 2.75) is 39.0 Å². The van der Waals surface area contributed by atoms with Crippen LogP contribution in [0.2, 0.25) is 0 Å². The summed E-state index contributed by atoms with van der Waals surface area (Å²) in [6.07, 6.45) is 0.602. The van der Waals surface area contributed by atoms with E-state index in [0.29, 0.717) is 42.5 Å².